The molecule has 1 aliphatic heterocycles. The topological polar surface area (TPSA) is 56.2 Å². The van der Waals surface area contributed by atoms with Gasteiger partial charge in [-0.25, -0.2) is 0 Å². The van der Waals surface area contributed by atoms with Crippen LogP contribution in [0.2, 0.25) is 0 Å². The van der Waals surface area contributed by atoms with Crippen molar-refractivity contribution in [3.63, 3.8) is 0 Å². The van der Waals surface area contributed by atoms with Crippen LogP contribution in [0, 0.1) is 0 Å². The van der Waals surface area contributed by atoms with Crippen LogP contribution in [0.3, 0.4) is 0 Å². The maximum absolute atomic E-state index is 11.4. The number of ether oxygens (including phenoxy) is 1. The smallest absolute Gasteiger partial charge is 0.224 e. The van der Waals surface area contributed by atoms with Crippen molar-refractivity contribution in [1.82, 2.24) is 9.78 Å². The van der Waals surface area contributed by atoms with Crippen LogP contribution in [0.4, 0.5) is 5.69 Å². The van der Waals surface area contributed by atoms with Crippen LogP contribution in [0.25, 0.3) is 0 Å². The second kappa shape index (κ2) is 5.82. The van der Waals surface area contributed by atoms with Gasteiger partial charge in [0.25, 0.3) is 0 Å². The monoisotopic (exact) mass is 237 g/mol. The Bertz CT molecular complexity index is 370. The van der Waals surface area contributed by atoms with Gasteiger partial charge >= 0.3 is 0 Å². The quantitative estimate of drug-likeness (QED) is 0.849. The molecule has 17 heavy (non-hydrogen) atoms. The minimum absolute atomic E-state index is 0.0455. The molecule has 1 aromatic heterocycles. The summed E-state index contributed by atoms with van der Waals surface area (Å²) in [6.45, 7) is 3.61. The fraction of sp³-hybridized carbons (Fsp3) is 0.667. The Labute approximate surface area is 101 Å². The summed E-state index contributed by atoms with van der Waals surface area (Å²) in [5.74, 6) is 0.0455. The Hall–Kier alpha value is -1.36. The number of hydrogen-bond acceptors (Lipinski definition) is 3. The van der Waals surface area contributed by atoms with Crippen molar-refractivity contribution < 1.29 is 9.53 Å². The first-order chi connectivity index (χ1) is 8.28. The van der Waals surface area contributed by atoms with Crippen LogP contribution in [-0.2, 0) is 16.1 Å². The van der Waals surface area contributed by atoms with Gasteiger partial charge in [-0.2, -0.15) is 5.10 Å². The summed E-state index contributed by atoms with van der Waals surface area (Å²) in [6.07, 6.45) is 7.45. The van der Waals surface area contributed by atoms with Crippen LogP contribution in [0.1, 0.15) is 32.6 Å². The average molecular weight is 237 g/mol. The molecule has 0 aliphatic carbocycles. The summed E-state index contributed by atoms with van der Waals surface area (Å²) in [5, 5.41) is 7.04. The second-order valence-electron chi connectivity index (χ2n) is 4.38. The zero-order chi connectivity index (χ0) is 12.1. The van der Waals surface area contributed by atoms with E-state index in [1.165, 1.54) is 0 Å². The number of carbonyl (C=O) groups excluding carboxylic acids is 1. The Kier molecular flexibility index (Phi) is 4.14. The Morgan fingerprint density at radius 3 is 3.29 bits per heavy atom. The molecule has 2 heterocycles. The number of carbonyl (C=O) groups is 1. The maximum Gasteiger partial charge on any atom is 0.224 e. The predicted octanol–water partition coefficient (Wildman–Crippen LogP) is 1.80. The lowest BCUT2D eigenvalue weighted by Gasteiger charge is -2.08. The molecular formula is C12H19N3O2. The molecule has 1 aliphatic rings. The van der Waals surface area contributed by atoms with Crippen molar-refractivity contribution >= 4 is 11.6 Å². The molecule has 1 amide bonds. The van der Waals surface area contributed by atoms with E-state index >= 15 is 0 Å². The maximum atomic E-state index is 11.4. The molecule has 0 aromatic carbocycles. The number of nitrogens with zero attached hydrogens (tertiary/aromatic N) is 2. The Balaban J connectivity index is 1.84. The van der Waals surface area contributed by atoms with E-state index in [4.69, 9.17) is 4.74 Å². The number of hydrogen-bond donors (Lipinski definition) is 1. The number of rotatable bonds is 5. The molecule has 5 nitrogen and oxygen atoms in total. The summed E-state index contributed by atoms with van der Waals surface area (Å²) in [5.41, 5.74) is 0.765. The van der Waals surface area contributed by atoms with Gasteiger partial charge in [-0.05, 0) is 19.3 Å². The van der Waals surface area contributed by atoms with Gasteiger partial charge in [0.1, 0.15) is 0 Å². The standard InChI is InChI=1S/C12H19N3O2/c1-2-4-12(16)14-10-7-13-15(8-10)9-11-5-3-6-17-11/h7-8,11H,2-6,9H2,1H3,(H,14,16). The summed E-state index contributed by atoms with van der Waals surface area (Å²) < 4.78 is 7.37. The third kappa shape index (κ3) is 3.56. The first kappa shape index (κ1) is 12.1. The van der Waals surface area contributed by atoms with Crippen LogP contribution >= 0.6 is 0 Å². The van der Waals surface area contributed by atoms with E-state index in [0.717, 1.165) is 38.1 Å². The number of nitrogens with one attached hydrogen (secondary N) is 1. The Morgan fingerprint density at radius 2 is 2.59 bits per heavy atom. The van der Waals surface area contributed by atoms with E-state index in [1.54, 1.807) is 6.20 Å². The molecule has 1 atom stereocenters. The molecule has 1 unspecified atom stereocenters. The minimum Gasteiger partial charge on any atom is -0.376 e. The molecule has 1 aromatic rings. The molecule has 1 saturated heterocycles. The molecule has 1 N–H and O–H groups in total. The predicted molar refractivity (Wildman–Crippen MR) is 64.7 cm³/mol. The zero-order valence-electron chi connectivity index (χ0n) is 10.2. The fourth-order valence-electron chi connectivity index (χ4n) is 1.98. The van der Waals surface area contributed by atoms with Crippen molar-refractivity contribution in [1.29, 1.82) is 0 Å². The van der Waals surface area contributed by atoms with Crippen molar-refractivity contribution in [2.75, 3.05) is 11.9 Å². The first-order valence-corrected chi connectivity index (χ1v) is 6.22. The molecular weight excluding hydrogens is 218 g/mol. The molecule has 0 radical (unpaired) electrons. The highest BCUT2D eigenvalue weighted by atomic mass is 16.5. The number of anilines is 1. The van der Waals surface area contributed by atoms with Gasteiger partial charge in [0.2, 0.25) is 5.91 Å². The number of amides is 1. The highest BCUT2D eigenvalue weighted by Gasteiger charge is 2.16. The van der Waals surface area contributed by atoms with Gasteiger partial charge in [-0.1, -0.05) is 6.92 Å². The third-order valence-corrected chi connectivity index (χ3v) is 2.81. The van der Waals surface area contributed by atoms with E-state index < -0.39 is 0 Å². The van der Waals surface area contributed by atoms with Gasteiger partial charge in [0.05, 0.1) is 24.5 Å². The lowest BCUT2D eigenvalue weighted by molar-refractivity contribution is -0.116. The summed E-state index contributed by atoms with van der Waals surface area (Å²) in [6, 6.07) is 0. The second-order valence-corrected chi connectivity index (χ2v) is 4.38. The Morgan fingerprint density at radius 1 is 1.71 bits per heavy atom. The molecule has 0 spiro atoms. The number of aromatic nitrogens is 2. The van der Waals surface area contributed by atoms with E-state index in [1.807, 2.05) is 17.8 Å². The van der Waals surface area contributed by atoms with Gasteiger partial charge in [0, 0.05) is 19.2 Å². The molecule has 0 saturated carbocycles. The van der Waals surface area contributed by atoms with Crippen molar-refractivity contribution in [2.24, 2.45) is 0 Å². The van der Waals surface area contributed by atoms with Gasteiger partial charge in [0.15, 0.2) is 0 Å². The highest BCUT2D eigenvalue weighted by molar-refractivity contribution is 5.90. The molecule has 1 fully saturated rings. The van der Waals surface area contributed by atoms with E-state index in [2.05, 4.69) is 10.4 Å². The van der Waals surface area contributed by atoms with Crippen molar-refractivity contribution in [2.45, 2.75) is 45.3 Å². The van der Waals surface area contributed by atoms with Gasteiger partial charge in [-0.15, -0.1) is 0 Å². The molecule has 0 bridgehead atoms. The third-order valence-electron chi connectivity index (χ3n) is 2.81. The van der Waals surface area contributed by atoms with Crippen LogP contribution < -0.4 is 5.32 Å². The molecule has 94 valence electrons. The van der Waals surface area contributed by atoms with Crippen molar-refractivity contribution in [3.8, 4) is 0 Å². The van der Waals surface area contributed by atoms with Crippen LogP contribution in [0.5, 0.6) is 0 Å². The lowest BCUT2D eigenvalue weighted by atomic mass is 10.2. The van der Waals surface area contributed by atoms with E-state index in [-0.39, 0.29) is 12.0 Å². The van der Waals surface area contributed by atoms with Crippen molar-refractivity contribution in [3.05, 3.63) is 12.4 Å². The first-order valence-electron chi connectivity index (χ1n) is 6.22. The summed E-state index contributed by atoms with van der Waals surface area (Å²) in [7, 11) is 0. The van der Waals surface area contributed by atoms with E-state index in [0.29, 0.717) is 6.42 Å². The zero-order valence-corrected chi connectivity index (χ0v) is 10.2. The summed E-state index contributed by atoms with van der Waals surface area (Å²) >= 11 is 0. The van der Waals surface area contributed by atoms with Gasteiger partial charge in [-0.3, -0.25) is 9.48 Å². The highest BCUT2D eigenvalue weighted by Crippen LogP contribution is 2.15. The van der Waals surface area contributed by atoms with Crippen LogP contribution in [0.15, 0.2) is 12.4 Å². The fourth-order valence-corrected chi connectivity index (χ4v) is 1.98. The minimum atomic E-state index is 0.0455. The van der Waals surface area contributed by atoms with Gasteiger partial charge < -0.3 is 10.1 Å². The largest absolute Gasteiger partial charge is 0.376 e. The van der Waals surface area contributed by atoms with Crippen LogP contribution in [-0.4, -0.2) is 28.4 Å². The summed E-state index contributed by atoms with van der Waals surface area (Å²) in [4.78, 5) is 11.4. The lowest BCUT2D eigenvalue weighted by Crippen LogP contribution is -2.15. The normalized spacial score (nSPS) is 19.5. The molecule has 5 heteroatoms. The SMILES string of the molecule is CCCC(=O)Nc1cnn(CC2CCCO2)c1. The molecule has 2 rings (SSSR count). The average Bonchev–Trinajstić information content (AvgIpc) is 2.91. The van der Waals surface area contributed by atoms with E-state index in [9.17, 15) is 4.79 Å².